The number of ether oxygens (including phenoxy) is 2. The summed E-state index contributed by atoms with van der Waals surface area (Å²) in [7, 11) is 0. The zero-order chi connectivity index (χ0) is 16.1. The Morgan fingerprint density at radius 1 is 1.04 bits per heavy atom. The van der Waals surface area contributed by atoms with Gasteiger partial charge in [0.2, 0.25) is 0 Å². The van der Waals surface area contributed by atoms with Gasteiger partial charge in [0, 0.05) is 13.0 Å². The lowest BCUT2D eigenvalue weighted by Gasteiger charge is -2.23. The maximum atomic E-state index is 6.12. The molecule has 0 amide bonds. The summed E-state index contributed by atoms with van der Waals surface area (Å²) in [6.45, 7) is 6.85. The fourth-order valence-electron chi connectivity index (χ4n) is 2.96. The molecule has 3 nitrogen and oxygen atoms in total. The van der Waals surface area contributed by atoms with Crippen molar-refractivity contribution in [2.45, 2.75) is 39.2 Å². The highest BCUT2D eigenvalue weighted by atomic mass is 16.5. The molecule has 3 heteroatoms. The highest BCUT2D eigenvalue weighted by Gasteiger charge is 2.33. The van der Waals surface area contributed by atoms with Gasteiger partial charge in [-0.2, -0.15) is 0 Å². The Balaban J connectivity index is 1.54. The lowest BCUT2D eigenvalue weighted by Crippen LogP contribution is -2.33. The summed E-state index contributed by atoms with van der Waals surface area (Å²) in [5.41, 5.74) is 2.51. The Labute approximate surface area is 138 Å². The monoisotopic (exact) mass is 311 g/mol. The number of rotatable bonds is 6. The van der Waals surface area contributed by atoms with Crippen LogP contribution in [0.5, 0.6) is 5.75 Å². The van der Waals surface area contributed by atoms with Gasteiger partial charge in [0.25, 0.3) is 0 Å². The standard InChI is InChI=1S/C20H25NO2/c1-3-21-14-19(22-15-17-11-9-16(2)10-12-17)13-20(21)23-18-7-5-4-6-8-18/h4-12,19-20H,3,13-15H2,1-2H3. The average Bonchev–Trinajstić information content (AvgIpc) is 2.97. The molecule has 0 saturated carbocycles. The molecule has 2 unspecified atom stereocenters. The van der Waals surface area contributed by atoms with E-state index in [-0.39, 0.29) is 12.3 Å². The van der Waals surface area contributed by atoms with E-state index in [0.717, 1.165) is 25.3 Å². The number of para-hydroxylation sites is 1. The van der Waals surface area contributed by atoms with Crippen molar-refractivity contribution in [3.8, 4) is 5.75 Å². The summed E-state index contributed by atoms with van der Waals surface area (Å²) < 4.78 is 12.2. The highest BCUT2D eigenvalue weighted by Crippen LogP contribution is 2.24. The van der Waals surface area contributed by atoms with Gasteiger partial charge in [-0.05, 0) is 31.2 Å². The summed E-state index contributed by atoms with van der Waals surface area (Å²) in [6, 6.07) is 18.6. The van der Waals surface area contributed by atoms with Crippen LogP contribution in [0.3, 0.4) is 0 Å². The Bertz CT molecular complexity index is 597. The van der Waals surface area contributed by atoms with E-state index in [1.54, 1.807) is 0 Å². The average molecular weight is 311 g/mol. The van der Waals surface area contributed by atoms with Crippen molar-refractivity contribution in [2.24, 2.45) is 0 Å². The summed E-state index contributed by atoms with van der Waals surface area (Å²) in [5.74, 6) is 0.926. The predicted molar refractivity (Wildman–Crippen MR) is 92.5 cm³/mol. The molecule has 2 atom stereocenters. The second kappa shape index (κ2) is 7.62. The quantitative estimate of drug-likeness (QED) is 0.804. The highest BCUT2D eigenvalue weighted by molar-refractivity contribution is 5.22. The van der Waals surface area contributed by atoms with Crippen molar-refractivity contribution >= 4 is 0 Å². The van der Waals surface area contributed by atoms with Crippen molar-refractivity contribution in [3.05, 3.63) is 65.7 Å². The van der Waals surface area contributed by atoms with E-state index in [1.807, 2.05) is 30.3 Å². The number of hydrogen-bond donors (Lipinski definition) is 0. The van der Waals surface area contributed by atoms with Gasteiger partial charge in [-0.3, -0.25) is 4.90 Å². The molecule has 1 aliphatic rings. The number of benzene rings is 2. The lowest BCUT2D eigenvalue weighted by atomic mass is 10.2. The first-order valence-electron chi connectivity index (χ1n) is 8.37. The molecule has 2 aromatic rings. The number of likely N-dealkylation sites (N-methyl/N-ethyl adjacent to an activating group) is 1. The van der Waals surface area contributed by atoms with Gasteiger partial charge in [0.05, 0.1) is 12.7 Å². The Morgan fingerprint density at radius 3 is 2.48 bits per heavy atom. The summed E-state index contributed by atoms with van der Waals surface area (Å²) in [6.07, 6.45) is 1.24. The molecule has 0 spiro atoms. The zero-order valence-electron chi connectivity index (χ0n) is 13.9. The smallest absolute Gasteiger partial charge is 0.155 e. The molecule has 1 aliphatic heterocycles. The third-order valence-corrected chi connectivity index (χ3v) is 4.34. The van der Waals surface area contributed by atoms with Crippen LogP contribution in [0.15, 0.2) is 54.6 Å². The van der Waals surface area contributed by atoms with Crippen LogP contribution in [-0.2, 0) is 11.3 Å². The van der Waals surface area contributed by atoms with Crippen LogP contribution in [0.1, 0.15) is 24.5 Å². The molecule has 122 valence electrons. The minimum absolute atomic E-state index is 0.102. The molecule has 1 heterocycles. The Morgan fingerprint density at radius 2 is 1.78 bits per heavy atom. The van der Waals surface area contributed by atoms with Crippen LogP contribution in [-0.4, -0.2) is 30.3 Å². The van der Waals surface area contributed by atoms with E-state index in [1.165, 1.54) is 11.1 Å². The van der Waals surface area contributed by atoms with E-state index < -0.39 is 0 Å². The molecular formula is C20H25NO2. The van der Waals surface area contributed by atoms with Crippen LogP contribution >= 0.6 is 0 Å². The third-order valence-electron chi connectivity index (χ3n) is 4.34. The van der Waals surface area contributed by atoms with Crippen LogP contribution < -0.4 is 4.74 Å². The summed E-state index contributed by atoms with van der Waals surface area (Å²) in [4.78, 5) is 2.34. The second-order valence-electron chi connectivity index (χ2n) is 6.13. The van der Waals surface area contributed by atoms with Gasteiger partial charge in [-0.15, -0.1) is 0 Å². The van der Waals surface area contributed by atoms with Crippen LogP contribution in [0.2, 0.25) is 0 Å². The third kappa shape index (κ3) is 4.34. The maximum absolute atomic E-state index is 6.12. The number of hydrogen-bond acceptors (Lipinski definition) is 3. The van der Waals surface area contributed by atoms with Crippen LogP contribution in [0.4, 0.5) is 0 Å². The first kappa shape index (κ1) is 16.0. The van der Waals surface area contributed by atoms with Gasteiger partial charge < -0.3 is 9.47 Å². The number of nitrogens with zero attached hydrogens (tertiary/aromatic N) is 1. The first-order chi connectivity index (χ1) is 11.2. The Hall–Kier alpha value is -1.84. The van der Waals surface area contributed by atoms with E-state index in [2.05, 4.69) is 43.0 Å². The first-order valence-corrected chi connectivity index (χ1v) is 8.37. The van der Waals surface area contributed by atoms with E-state index >= 15 is 0 Å². The molecule has 1 saturated heterocycles. The number of likely N-dealkylation sites (tertiary alicyclic amines) is 1. The van der Waals surface area contributed by atoms with Crippen molar-refractivity contribution < 1.29 is 9.47 Å². The van der Waals surface area contributed by atoms with Gasteiger partial charge in [-0.25, -0.2) is 0 Å². The Kier molecular flexibility index (Phi) is 5.31. The van der Waals surface area contributed by atoms with Crippen LogP contribution in [0.25, 0.3) is 0 Å². The lowest BCUT2D eigenvalue weighted by molar-refractivity contribution is 0.0447. The summed E-state index contributed by atoms with van der Waals surface area (Å²) >= 11 is 0. The SMILES string of the molecule is CCN1CC(OCc2ccc(C)cc2)CC1Oc1ccccc1. The minimum Gasteiger partial charge on any atom is -0.475 e. The van der Waals surface area contributed by atoms with Crippen LogP contribution in [0, 0.1) is 6.92 Å². The second-order valence-corrected chi connectivity index (χ2v) is 6.13. The fourth-order valence-corrected chi connectivity index (χ4v) is 2.96. The van der Waals surface area contributed by atoms with E-state index in [4.69, 9.17) is 9.47 Å². The zero-order valence-corrected chi connectivity index (χ0v) is 13.9. The molecule has 0 aliphatic carbocycles. The predicted octanol–water partition coefficient (Wildman–Crippen LogP) is 4.01. The molecule has 23 heavy (non-hydrogen) atoms. The molecule has 0 N–H and O–H groups in total. The van der Waals surface area contributed by atoms with E-state index in [9.17, 15) is 0 Å². The van der Waals surface area contributed by atoms with Gasteiger partial charge >= 0.3 is 0 Å². The van der Waals surface area contributed by atoms with Crippen molar-refractivity contribution in [2.75, 3.05) is 13.1 Å². The van der Waals surface area contributed by atoms with Gasteiger partial charge in [-0.1, -0.05) is 55.0 Å². The number of aryl methyl sites for hydroxylation is 1. The molecule has 0 radical (unpaired) electrons. The van der Waals surface area contributed by atoms with Gasteiger partial charge in [0.15, 0.2) is 6.23 Å². The fraction of sp³-hybridized carbons (Fsp3) is 0.400. The molecule has 1 fully saturated rings. The van der Waals surface area contributed by atoms with Gasteiger partial charge in [0.1, 0.15) is 5.75 Å². The molecule has 2 aromatic carbocycles. The van der Waals surface area contributed by atoms with Crippen molar-refractivity contribution in [1.82, 2.24) is 4.90 Å². The largest absolute Gasteiger partial charge is 0.475 e. The van der Waals surface area contributed by atoms with Crippen molar-refractivity contribution in [1.29, 1.82) is 0 Å². The molecular weight excluding hydrogens is 286 g/mol. The molecule has 0 bridgehead atoms. The molecule has 0 aromatic heterocycles. The maximum Gasteiger partial charge on any atom is 0.155 e. The summed E-state index contributed by atoms with van der Waals surface area (Å²) in [5, 5.41) is 0. The topological polar surface area (TPSA) is 21.7 Å². The van der Waals surface area contributed by atoms with E-state index in [0.29, 0.717) is 6.61 Å². The normalized spacial score (nSPS) is 21.5. The van der Waals surface area contributed by atoms with Crippen molar-refractivity contribution in [3.63, 3.8) is 0 Å². The minimum atomic E-state index is 0.102. The molecule has 3 rings (SSSR count).